The van der Waals surface area contributed by atoms with Gasteiger partial charge in [-0.3, -0.25) is 0 Å². The second kappa shape index (κ2) is 8.71. The minimum atomic E-state index is -4.38. The molecule has 0 saturated heterocycles. The monoisotopic (exact) mass is 305 g/mol. The van der Waals surface area contributed by atoms with E-state index in [9.17, 15) is 13.2 Å². The molecule has 0 amide bonds. The number of hydrogen-bond acceptors (Lipinski definition) is 4. The van der Waals surface area contributed by atoms with Crippen LogP contribution < -0.4 is 10.6 Å². The van der Waals surface area contributed by atoms with Crippen LogP contribution in [0.15, 0.2) is 12.1 Å². The van der Waals surface area contributed by atoms with Gasteiger partial charge in [0, 0.05) is 26.8 Å². The summed E-state index contributed by atoms with van der Waals surface area (Å²) in [5.74, 6) is 0.397. The van der Waals surface area contributed by atoms with Crippen molar-refractivity contribution in [3.63, 3.8) is 0 Å². The molecule has 0 fully saturated rings. The van der Waals surface area contributed by atoms with Gasteiger partial charge in [-0.15, -0.1) is 0 Å². The Morgan fingerprint density at radius 2 is 1.81 bits per heavy atom. The van der Waals surface area contributed by atoms with Gasteiger partial charge in [0.25, 0.3) is 0 Å². The van der Waals surface area contributed by atoms with Crippen LogP contribution in [-0.4, -0.2) is 31.8 Å². The van der Waals surface area contributed by atoms with Gasteiger partial charge in [-0.05, 0) is 25.0 Å². The van der Waals surface area contributed by atoms with Gasteiger partial charge < -0.3 is 15.4 Å². The van der Waals surface area contributed by atoms with Gasteiger partial charge in [-0.25, -0.2) is 4.98 Å². The summed E-state index contributed by atoms with van der Waals surface area (Å²) < 4.78 is 43.6. The third-order valence-electron chi connectivity index (χ3n) is 2.82. The Kier molecular flexibility index (Phi) is 7.28. The van der Waals surface area contributed by atoms with E-state index in [4.69, 9.17) is 4.74 Å². The fourth-order valence-electron chi connectivity index (χ4n) is 1.65. The molecule has 0 radical (unpaired) electrons. The summed E-state index contributed by atoms with van der Waals surface area (Å²) in [4.78, 5) is 4.05. The van der Waals surface area contributed by atoms with Crippen molar-refractivity contribution in [3.8, 4) is 0 Å². The van der Waals surface area contributed by atoms with E-state index in [0.717, 1.165) is 38.0 Å². The zero-order chi connectivity index (χ0) is 15.7. The Balaban J connectivity index is 2.47. The lowest BCUT2D eigenvalue weighted by Crippen LogP contribution is -2.11. The lowest BCUT2D eigenvalue weighted by atomic mass is 10.2. The van der Waals surface area contributed by atoms with Crippen LogP contribution in [0.3, 0.4) is 0 Å². The quantitative estimate of drug-likeness (QED) is 0.682. The van der Waals surface area contributed by atoms with Crippen molar-refractivity contribution in [2.45, 2.75) is 32.4 Å². The number of rotatable bonds is 9. The van der Waals surface area contributed by atoms with Gasteiger partial charge in [0.1, 0.15) is 11.6 Å². The Morgan fingerprint density at radius 1 is 1.14 bits per heavy atom. The van der Waals surface area contributed by atoms with Gasteiger partial charge in [-0.2, -0.15) is 13.2 Å². The number of alkyl halides is 3. The highest BCUT2D eigenvalue weighted by Crippen LogP contribution is 2.31. The number of nitrogens with one attached hydrogen (secondary N) is 2. The number of aromatic nitrogens is 1. The van der Waals surface area contributed by atoms with Crippen LogP contribution >= 0.6 is 0 Å². The van der Waals surface area contributed by atoms with Crippen molar-refractivity contribution in [2.24, 2.45) is 0 Å². The Hall–Kier alpha value is -1.50. The molecule has 0 saturated carbocycles. The van der Waals surface area contributed by atoms with Crippen molar-refractivity contribution < 1.29 is 17.9 Å². The number of halogens is 3. The Bertz CT molecular complexity index is 424. The molecule has 0 spiro atoms. The van der Waals surface area contributed by atoms with Gasteiger partial charge >= 0.3 is 6.18 Å². The van der Waals surface area contributed by atoms with E-state index in [-0.39, 0.29) is 11.6 Å². The van der Waals surface area contributed by atoms with Crippen LogP contribution in [0.1, 0.15) is 31.7 Å². The third-order valence-corrected chi connectivity index (χ3v) is 2.82. The minimum Gasteiger partial charge on any atom is -0.381 e. The molecule has 0 atom stereocenters. The SMILES string of the molecule is CCCCOCCCNc1cc(C(F)(F)F)cc(NC)n1. The van der Waals surface area contributed by atoms with E-state index < -0.39 is 11.7 Å². The van der Waals surface area contributed by atoms with Crippen molar-refractivity contribution in [2.75, 3.05) is 37.4 Å². The van der Waals surface area contributed by atoms with E-state index >= 15 is 0 Å². The van der Waals surface area contributed by atoms with Crippen LogP contribution in [-0.2, 0) is 10.9 Å². The summed E-state index contributed by atoms with van der Waals surface area (Å²) in [6.07, 6.45) is -1.56. The predicted octanol–water partition coefficient (Wildman–Crippen LogP) is 3.76. The molecule has 1 aromatic heterocycles. The average molecular weight is 305 g/mol. The minimum absolute atomic E-state index is 0.187. The highest BCUT2D eigenvalue weighted by molar-refractivity contribution is 5.49. The molecule has 120 valence electrons. The van der Waals surface area contributed by atoms with E-state index in [1.54, 1.807) is 0 Å². The average Bonchev–Trinajstić information content (AvgIpc) is 2.45. The largest absolute Gasteiger partial charge is 0.416 e. The summed E-state index contributed by atoms with van der Waals surface area (Å²) in [6.45, 7) is 3.92. The van der Waals surface area contributed by atoms with Gasteiger partial charge in [0.05, 0.1) is 5.56 Å². The van der Waals surface area contributed by atoms with Gasteiger partial charge in [0.15, 0.2) is 0 Å². The number of hydrogen-bond donors (Lipinski definition) is 2. The molecule has 2 N–H and O–H groups in total. The summed E-state index contributed by atoms with van der Waals surface area (Å²) in [5, 5.41) is 5.52. The maximum absolute atomic E-state index is 12.7. The highest BCUT2D eigenvalue weighted by Gasteiger charge is 2.31. The molecule has 0 aromatic carbocycles. The molecule has 0 unspecified atom stereocenters. The second-order valence-electron chi connectivity index (χ2n) is 4.62. The number of anilines is 2. The number of ether oxygens (including phenoxy) is 1. The first-order valence-corrected chi connectivity index (χ1v) is 7.06. The smallest absolute Gasteiger partial charge is 0.381 e. The van der Waals surface area contributed by atoms with Crippen LogP contribution in [0.2, 0.25) is 0 Å². The summed E-state index contributed by atoms with van der Waals surface area (Å²) >= 11 is 0. The van der Waals surface area contributed by atoms with Crippen molar-refractivity contribution >= 4 is 11.6 Å². The molecule has 21 heavy (non-hydrogen) atoms. The fraction of sp³-hybridized carbons (Fsp3) is 0.643. The summed E-state index contributed by atoms with van der Waals surface area (Å²) in [6, 6.07) is 2.00. The predicted molar refractivity (Wildman–Crippen MR) is 77.6 cm³/mol. The molecule has 0 aliphatic heterocycles. The number of pyridine rings is 1. The zero-order valence-corrected chi connectivity index (χ0v) is 12.4. The maximum Gasteiger partial charge on any atom is 0.416 e. The van der Waals surface area contributed by atoms with Crippen molar-refractivity contribution in [1.82, 2.24) is 4.98 Å². The summed E-state index contributed by atoms with van der Waals surface area (Å²) in [5.41, 5.74) is -0.719. The molecule has 1 aromatic rings. The molecular formula is C14H22F3N3O. The second-order valence-corrected chi connectivity index (χ2v) is 4.62. The molecule has 4 nitrogen and oxygen atoms in total. The lowest BCUT2D eigenvalue weighted by Gasteiger charge is -2.12. The van der Waals surface area contributed by atoms with Crippen molar-refractivity contribution in [3.05, 3.63) is 17.7 Å². The first-order chi connectivity index (χ1) is 9.97. The Morgan fingerprint density at radius 3 is 2.43 bits per heavy atom. The van der Waals surface area contributed by atoms with E-state index in [1.165, 1.54) is 7.05 Å². The van der Waals surface area contributed by atoms with E-state index in [0.29, 0.717) is 13.2 Å². The van der Waals surface area contributed by atoms with Gasteiger partial charge in [0.2, 0.25) is 0 Å². The maximum atomic E-state index is 12.7. The summed E-state index contributed by atoms with van der Waals surface area (Å²) in [7, 11) is 1.54. The fourth-order valence-corrected chi connectivity index (χ4v) is 1.65. The normalized spacial score (nSPS) is 11.5. The molecule has 0 aliphatic carbocycles. The van der Waals surface area contributed by atoms with Gasteiger partial charge in [-0.1, -0.05) is 13.3 Å². The highest BCUT2D eigenvalue weighted by atomic mass is 19.4. The number of nitrogens with zero attached hydrogens (tertiary/aromatic N) is 1. The topological polar surface area (TPSA) is 46.2 Å². The first-order valence-electron chi connectivity index (χ1n) is 7.06. The molecule has 1 rings (SSSR count). The van der Waals surface area contributed by atoms with E-state index in [2.05, 4.69) is 22.5 Å². The molecule has 1 heterocycles. The molecule has 7 heteroatoms. The van der Waals surface area contributed by atoms with Crippen LogP contribution in [0, 0.1) is 0 Å². The van der Waals surface area contributed by atoms with E-state index in [1.807, 2.05) is 0 Å². The molecule has 0 bridgehead atoms. The number of unbranched alkanes of at least 4 members (excludes halogenated alkanes) is 1. The standard InChI is InChI=1S/C14H22F3N3O/c1-3-4-7-21-8-5-6-19-13-10-11(14(15,16)17)9-12(18-2)20-13/h9-10H,3-8H2,1-2H3,(H2,18,19,20). The Labute approximate surface area is 123 Å². The molecular weight excluding hydrogens is 283 g/mol. The third kappa shape index (κ3) is 6.66. The van der Waals surface area contributed by atoms with Crippen LogP contribution in [0.5, 0.6) is 0 Å². The van der Waals surface area contributed by atoms with Crippen LogP contribution in [0.25, 0.3) is 0 Å². The first kappa shape index (κ1) is 17.6. The molecule has 0 aliphatic rings. The van der Waals surface area contributed by atoms with Crippen LogP contribution in [0.4, 0.5) is 24.8 Å². The lowest BCUT2D eigenvalue weighted by molar-refractivity contribution is -0.137. The zero-order valence-electron chi connectivity index (χ0n) is 12.4. The van der Waals surface area contributed by atoms with Crippen molar-refractivity contribution in [1.29, 1.82) is 0 Å².